The molecule has 0 saturated heterocycles. The number of nitrogens with zero attached hydrogens (tertiary/aromatic N) is 1. The van der Waals surface area contributed by atoms with Gasteiger partial charge in [0, 0.05) is 18.6 Å². The van der Waals surface area contributed by atoms with E-state index in [-0.39, 0.29) is 5.69 Å². The minimum absolute atomic E-state index is 0.000548. The van der Waals surface area contributed by atoms with Crippen molar-refractivity contribution in [3.8, 4) is 0 Å². The Morgan fingerprint density at radius 2 is 2.05 bits per heavy atom. The predicted molar refractivity (Wildman–Crippen MR) is 73.5 cm³/mol. The maximum Gasteiger partial charge on any atom is 0.271 e. The summed E-state index contributed by atoms with van der Waals surface area (Å²) in [7, 11) is 0. The van der Waals surface area contributed by atoms with Crippen LogP contribution >= 0.6 is 11.6 Å². The molecule has 2 aromatic rings. The van der Waals surface area contributed by atoms with Crippen LogP contribution in [0.2, 0.25) is 5.02 Å². The van der Waals surface area contributed by atoms with Crippen LogP contribution in [0, 0.1) is 10.1 Å². The van der Waals surface area contributed by atoms with Crippen molar-refractivity contribution in [2.45, 2.75) is 19.9 Å². The quantitative estimate of drug-likeness (QED) is 0.663. The van der Waals surface area contributed by atoms with Crippen LogP contribution in [0.15, 0.2) is 34.7 Å². The molecule has 0 aliphatic heterocycles. The molecule has 1 aromatic carbocycles. The van der Waals surface area contributed by atoms with Gasteiger partial charge < -0.3 is 9.73 Å². The molecule has 0 unspecified atom stereocenters. The summed E-state index contributed by atoms with van der Waals surface area (Å²) in [5, 5.41) is 14.2. The van der Waals surface area contributed by atoms with Crippen LogP contribution < -0.4 is 5.32 Å². The molecule has 1 aromatic heterocycles. The number of rotatable bonds is 5. The lowest BCUT2D eigenvalue weighted by atomic mass is 10.2. The van der Waals surface area contributed by atoms with E-state index < -0.39 is 4.92 Å². The van der Waals surface area contributed by atoms with Crippen LogP contribution in [0.5, 0.6) is 0 Å². The third-order valence-corrected chi connectivity index (χ3v) is 3.01. The average Bonchev–Trinajstić information content (AvgIpc) is 2.85. The molecule has 0 saturated carbocycles. The molecule has 19 heavy (non-hydrogen) atoms. The fourth-order valence-electron chi connectivity index (χ4n) is 1.65. The van der Waals surface area contributed by atoms with Gasteiger partial charge in [-0.1, -0.05) is 18.5 Å². The summed E-state index contributed by atoms with van der Waals surface area (Å²) in [5.74, 6) is 1.67. The summed E-state index contributed by atoms with van der Waals surface area (Å²) in [4.78, 5) is 10.2. The Morgan fingerprint density at radius 1 is 1.32 bits per heavy atom. The lowest BCUT2D eigenvalue weighted by Crippen LogP contribution is -1.99. The lowest BCUT2D eigenvalue weighted by molar-refractivity contribution is -0.384. The van der Waals surface area contributed by atoms with Crippen molar-refractivity contribution in [1.29, 1.82) is 0 Å². The Morgan fingerprint density at radius 3 is 2.68 bits per heavy atom. The topological polar surface area (TPSA) is 68.3 Å². The number of nitrogens with one attached hydrogen (secondary N) is 1. The van der Waals surface area contributed by atoms with E-state index in [9.17, 15) is 10.1 Å². The van der Waals surface area contributed by atoms with Crippen molar-refractivity contribution in [3.63, 3.8) is 0 Å². The van der Waals surface area contributed by atoms with Gasteiger partial charge in [0.25, 0.3) is 5.69 Å². The van der Waals surface area contributed by atoms with Crippen molar-refractivity contribution < 1.29 is 9.34 Å². The molecular formula is C13H13ClN2O3. The number of anilines is 1. The van der Waals surface area contributed by atoms with Gasteiger partial charge in [0.1, 0.15) is 11.5 Å². The number of halogens is 1. The average molecular weight is 281 g/mol. The van der Waals surface area contributed by atoms with E-state index >= 15 is 0 Å². The molecule has 1 heterocycles. The molecule has 1 N–H and O–H groups in total. The molecule has 0 aliphatic carbocycles. The Bertz CT molecular complexity index is 595. The van der Waals surface area contributed by atoms with Crippen LogP contribution in [0.1, 0.15) is 18.4 Å². The smallest absolute Gasteiger partial charge is 0.271 e. The second-order valence-corrected chi connectivity index (χ2v) is 4.40. The Hall–Kier alpha value is -2.01. The molecule has 0 atom stereocenters. The van der Waals surface area contributed by atoms with Gasteiger partial charge in [-0.05, 0) is 18.2 Å². The SMILES string of the molecule is CCc1ccc(CNc2cc([N+](=O)[O-])ccc2Cl)o1. The van der Waals surface area contributed by atoms with E-state index in [0.717, 1.165) is 17.9 Å². The molecule has 100 valence electrons. The van der Waals surface area contributed by atoms with Gasteiger partial charge in [0.05, 0.1) is 22.2 Å². The Labute approximate surface area is 115 Å². The Kier molecular flexibility index (Phi) is 4.06. The summed E-state index contributed by atoms with van der Waals surface area (Å²) in [5.41, 5.74) is 0.519. The number of nitro benzene ring substituents is 1. The van der Waals surface area contributed by atoms with E-state index in [1.54, 1.807) is 0 Å². The number of aryl methyl sites for hydroxylation is 1. The minimum atomic E-state index is -0.455. The number of furan rings is 1. The van der Waals surface area contributed by atoms with Crippen molar-refractivity contribution >= 4 is 23.0 Å². The first kappa shape index (κ1) is 13.4. The lowest BCUT2D eigenvalue weighted by Gasteiger charge is -2.06. The van der Waals surface area contributed by atoms with Crippen LogP contribution in [-0.2, 0) is 13.0 Å². The van der Waals surface area contributed by atoms with Crippen LogP contribution in [-0.4, -0.2) is 4.92 Å². The van der Waals surface area contributed by atoms with Gasteiger partial charge in [-0.25, -0.2) is 0 Å². The minimum Gasteiger partial charge on any atom is -0.464 e. The van der Waals surface area contributed by atoms with Crippen LogP contribution in [0.25, 0.3) is 0 Å². The zero-order valence-corrected chi connectivity index (χ0v) is 11.1. The largest absolute Gasteiger partial charge is 0.464 e. The van der Waals surface area contributed by atoms with Gasteiger partial charge in [-0.2, -0.15) is 0 Å². The zero-order chi connectivity index (χ0) is 13.8. The van der Waals surface area contributed by atoms with E-state index in [0.29, 0.717) is 17.3 Å². The number of hydrogen-bond acceptors (Lipinski definition) is 4. The highest BCUT2D eigenvalue weighted by Gasteiger charge is 2.10. The highest BCUT2D eigenvalue weighted by molar-refractivity contribution is 6.33. The van der Waals surface area contributed by atoms with Gasteiger partial charge >= 0.3 is 0 Å². The molecular weight excluding hydrogens is 268 g/mol. The van der Waals surface area contributed by atoms with Gasteiger partial charge in [0.2, 0.25) is 0 Å². The zero-order valence-electron chi connectivity index (χ0n) is 10.4. The molecule has 0 fully saturated rings. The second kappa shape index (κ2) is 5.75. The third-order valence-electron chi connectivity index (χ3n) is 2.68. The van der Waals surface area contributed by atoms with Crippen molar-refractivity contribution in [1.82, 2.24) is 0 Å². The predicted octanol–water partition coefficient (Wildman–Crippen LogP) is 4.02. The fourth-order valence-corrected chi connectivity index (χ4v) is 1.84. The normalized spacial score (nSPS) is 10.4. The number of non-ortho nitro benzene ring substituents is 1. The molecule has 0 radical (unpaired) electrons. The van der Waals surface area contributed by atoms with E-state index in [1.165, 1.54) is 18.2 Å². The summed E-state index contributed by atoms with van der Waals surface area (Å²) in [6, 6.07) is 8.06. The second-order valence-electron chi connectivity index (χ2n) is 4.00. The monoisotopic (exact) mass is 280 g/mol. The maximum absolute atomic E-state index is 10.7. The molecule has 0 aliphatic rings. The van der Waals surface area contributed by atoms with Gasteiger partial charge in [0.15, 0.2) is 0 Å². The van der Waals surface area contributed by atoms with Crippen molar-refractivity contribution in [3.05, 3.63) is 57.0 Å². The Balaban J connectivity index is 2.10. The molecule has 0 bridgehead atoms. The van der Waals surface area contributed by atoms with Gasteiger partial charge in [-0.15, -0.1) is 0 Å². The molecule has 6 heteroatoms. The number of hydrogen-bond donors (Lipinski definition) is 1. The third kappa shape index (κ3) is 3.26. The summed E-state index contributed by atoms with van der Waals surface area (Å²) >= 11 is 5.98. The highest BCUT2D eigenvalue weighted by Crippen LogP contribution is 2.27. The first-order valence-electron chi connectivity index (χ1n) is 5.85. The molecule has 0 spiro atoms. The van der Waals surface area contributed by atoms with E-state index in [1.807, 2.05) is 19.1 Å². The summed E-state index contributed by atoms with van der Waals surface area (Å²) in [6.07, 6.45) is 0.831. The number of nitro groups is 1. The van der Waals surface area contributed by atoms with Crippen LogP contribution in [0.3, 0.4) is 0 Å². The highest BCUT2D eigenvalue weighted by atomic mass is 35.5. The first-order valence-corrected chi connectivity index (χ1v) is 6.23. The van der Waals surface area contributed by atoms with Gasteiger partial charge in [-0.3, -0.25) is 10.1 Å². The molecule has 5 nitrogen and oxygen atoms in total. The maximum atomic E-state index is 10.7. The number of benzene rings is 1. The summed E-state index contributed by atoms with van der Waals surface area (Å²) < 4.78 is 5.53. The van der Waals surface area contributed by atoms with Crippen LogP contribution in [0.4, 0.5) is 11.4 Å². The van der Waals surface area contributed by atoms with E-state index in [4.69, 9.17) is 16.0 Å². The molecule has 2 rings (SSSR count). The first-order chi connectivity index (χ1) is 9.10. The standard InChI is InChI=1S/C13H13ClN2O3/c1-2-10-4-5-11(19-10)8-15-13-7-9(16(17)18)3-6-12(13)14/h3-7,15H,2,8H2,1H3. The van der Waals surface area contributed by atoms with Crippen molar-refractivity contribution in [2.24, 2.45) is 0 Å². The fraction of sp³-hybridized carbons (Fsp3) is 0.231. The van der Waals surface area contributed by atoms with Crippen molar-refractivity contribution in [2.75, 3.05) is 5.32 Å². The molecule has 0 amide bonds. The summed E-state index contributed by atoms with van der Waals surface area (Å²) in [6.45, 7) is 2.44. The van der Waals surface area contributed by atoms with E-state index in [2.05, 4.69) is 5.32 Å².